The second-order valence-corrected chi connectivity index (χ2v) is 10.2. The number of phenolic OH excluding ortho intramolecular Hbond substituents is 1. The van der Waals surface area contributed by atoms with Gasteiger partial charge in [-0.3, -0.25) is 14.4 Å². The van der Waals surface area contributed by atoms with Crippen molar-refractivity contribution in [1.82, 2.24) is 10.6 Å². The van der Waals surface area contributed by atoms with Gasteiger partial charge in [-0.25, -0.2) is 4.79 Å². The number of nitrogens with one attached hydrogen (secondary N) is 2. The van der Waals surface area contributed by atoms with E-state index in [0.717, 1.165) is 30.2 Å². The average molecular weight is 509 g/mol. The molecule has 1 aromatic rings. The molecule has 1 aliphatic carbocycles. The summed E-state index contributed by atoms with van der Waals surface area (Å²) in [7, 11) is 1.42. The molecular weight excluding hydrogens is 472 g/mol. The number of carbonyl (C=O) groups is 4. The molecule has 1 fully saturated rings. The number of carbonyl (C=O) groups excluding carboxylic acids is 4. The van der Waals surface area contributed by atoms with Crippen molar-refractivity contribution in [3.8, 4) is 5.75 Å². The van der Waals surface area contributed by atoms with Crippen LogP contribution in [0.25, 0.3) is 0 Å². The predicted molar refractivity (Wildman–Crippen MR) is 133 cm³/mol. The first-order chi connectivity index (χ1) is 16.6. The standard InChI is InChI=1S/C25H36N2O7S/c1-5-34-23(31)19(14-17-8-10-18(28)11-9-17)26-24(32)25(12-6-7-13-25)27-22(30)21(16(2)3)35-20(29)15-33-4/h8-11,16,19,21,28H,5-7,12-15H2,1-4H3,(H,26,32)(H,27,30)/t19-,21+/m0/s1. The van der Waals surface area contributed by atoms with Crippen LogP contribution in [0, 0.1) is 5.92 Å². The molecule has 3 N–H and O–H groups in total. The molecule has 0 spiro atoms. The van der Waals surface area contributed by atoms with Gasteiger partial charge >= 0.3 is 5.97 Å². The summed E-state index contributed by atoms with van der Waals surface area (Å²) in [6, 6.07) is 5.39. The first-order valence-corrected chi connectivity index (χ1v) is 12.8. The Bertz CT molecular complexity index is 882. The van der Waals surface area contributed by atoms with Crippen LogP contribution in [0.5, 0.6) is 5.75 Å². The van der Waals surface area contributed by atoms with E-state index in [1.54, 1.807) is 19.1 Å². The number of aromatic hydroxyl groups is 1. The number of thioether (sulfide) groups is 1. The highest BCUT2D eigenvalue weighted by Crippen LogP contribution is 2.32. The SMILES string of the molecule is CCOC(=O)[C@H](Cc1ccc(O)cc1)NC(=O)C1(NC(=O)[C@H](SC(=O)COC)C(C)C)CCCC1. The van der Waals surface area contributed by atoms with Crippen molar-refractivity contribution in [3.63, 3.8) is 0 Å². The Hall–Kier alpha value is -2.59. The van der Waals surface area contributed by atoms with Crippen LogP contribution in [0.3, 0.4) is 0 Å². The van der Waals surface area contributed by atoms with E-state index in [4.69, 9.17) is 9.47 Å². The zero-order valence-electron chi connectivity index (χ0n) is 20.8. The second kappa shape index (κ2) is 13.5. The van der Waals surface area contributed by atoms with Gasteiger partial charge in [-0.15, -0.1) is 0 Å². The summed E-state index contributed by atoms with van der Waals surface area (Å²) in [5, 5.41) is 14.3. The van der Waals surface area contributed by atoms with E-state index in [1.807, 2.05) is 13.8 Å². The topological polar surface area (TPSA) is 131 Å². The normalized spacial score (nSPS) is 16.4. The van der Waals surface area contributed by atoms with Gasteiger partial charge < -0.3 is 25.2 Å². The molecule has 0 aliphatic heterocycles. The highest BCUT2D eigenvalue weighted by Gasteiger charge is 2.45. The van der Waals surface area contributed by atoms with Crippen LogP contribution in [-0.4, -0.2) is 65.2 Å². The van der Waals surface area contributed by atoms with E-state index in [0.29, 0.717) is 12.8 Å². The van der Waals surface area contributed by atoms with Crippen molar-refractivity contribution in [2.24, 2.45) is 5.92 Å². The predicted octanol–water partition coefficient (Wildman–Crippen LogP) is 2.34. The lowest BCUT2D eigenvalue weighted by Gasteiger charge is -2.33. The molecule has 2 amide bonds. The summed E-state index contributed by atoms with van der Waals surface area (Å²) in [6.07, 6.45) is 2.53. The molecule has 1 saturated carbocycles. The molecule has 1 aliphatic rings. The molecule has 0 bridgehead atoms. The van der Waals surface area contributed by atoms with Crippen molar-refractivity contribution < 1.29 is 33.8 Å². The maximum atomic E-state index is 13.5. The Kier molecular flexibility index (Phi) is 11.0. The molecule has 2 atom stereocenters. The van der Waals surface area contributed by atoms with E-state index < -0.39 is 34.6 Å². The Balaban J connectivity index is 2.20. The molecule has 2 rings (SSSR count). The molecular formula is C25H36N2O7S. The molecule has 0 unspecified atom stereocenters. The molecule has 0 radical (unpaired) electrons. The fourth-order valence-corrected chi connectivity index (χ4v) is 4.99. The summed E-state index contributed by atoms with van der Waals surface area (Å²) in [4.78, 5) is 51.5. The Morgan fingerprint density at radius 3 is 2.29 bits per heavy atom. The fourth-order valence-electron chi connectivity index (χ4n) is 4.08. The summed E-state index contributed by atoms with van der Waals surface area (Å²) < 4.78 is 10.0. The van der Waals surface area contributed by atoms with Crippen LogP contribution < -0.4 is 10.6 Å². The van der Waals surface area contributed by atoms with E-state index in [1.165, 1.54) is 19.2 Å². The average Bonchev–Trinajstić information content (AvgIpc) is 3.28. The van der Waals surface area contributed by atoms with Crippen molar-refractivity contribution >= 4 is 34.7 Å². The minimum atomic E-state index is -1.17. The van der Waals surface area contributed by atoms with Crippen LogP contribution in [0.2, 0.25) is 0 Å². The largest absolute Gasteiger partial charge is 0.508 e. The van der Waals surface area contributed by atoms with Crippen molar-refractivity contribution in [2.75, 3.05) is 20.3 Å². The van der Waals surface area contributed by atoms with E-state index in [-0.39, 0.29) is 36.4 Å². The molecule has 10 heteroatoms. The molecule has 1 aromatic carbocycles. The van der Waals surface area contributed by atoms with Gasteiger partial charge in [0.1, 0.15) is 23.9 Å². The van der Waals surface area contributed by atoms with Crippen LogP contribution >= 0.6 is 11.8 Å². The van der Waals surface area contributed by atoms with Crippen molar-refractivity contribution in [3.05, 3.63) is 29.8 Å². The van der Waals surface area contributed by atoms with Crippen molar-refractivity contribution in [1.29, 1.82) is 0 Å². The van der Waals surface area contributed by atoms with E-state index >= 15 is 0 Å². The maximum Gasteiger partial charge on any atom is 0.328 e. The van der Waals surface area contributed by atoms with Crippen LogP contribution in [0.1, 0.15) is 52.0 Å². The number of phenols is 1. The number of hydrogen-bond acceptors (Lipinski definition) is 8. The first-order valence-electron chi connectivity index (χ1n) is 11.9. The minimum absolute atomic E-state index is 0.0969. The summed E-state index contributed by atoms with van der Waals surface area (Å²) >= 11 is 0.905. The number of esters is 1. The summed E-state index contributed by atoms with van der Waals surface area (Å²) in [5.74, 6) is -1.47. The van der Waals surface area contributed by atoms with Gasteiger partial charge in [-0.1, -0.05) is 50.6 Å². The third kappa shape index (κ3) is 8.24. The van der Waals surface area contributed by atoms with Crippen molar-refractivity contribution in [2.45, 2.75) is 69.7 Å². The van der Waals surface area contributed by atoms with Gasteiger partial charge in [0.05, 0.1) is 11.9 Å². The Morgan fingerprint density at radius 2 is 1.74 bits per heavy atom. The lowest BCUT2D eigenvalue weighted by atomic mass is 9.94. The van der Waals surface area contributed by atoms with Gasteiger partial charge in [-0.05, 0) is 43.4 Å². The molecule has 194 valence electrons. The molecule has 35 heavy (non-hydrogen) atoms. The number of ether oxygens (including phenoxy) is 2. The lowest BCUT2D eigenvalue weighted by Crippen LogP contribution is -2.61. The quantitative estimate of drug-likeness (QED) is 0.367. The zero-order valence-corrected chi connectivity index (χ0v) is 21.6. The number of hydrogen-bond donors (Lipinski definition) is 3. The fraction of sp³-hybridized carbons (Fsp3) is 0.600. The molecule has 0 saturated heterocycles. The highest BCUT2D eigenvalue weighted by atomic mass is 32.2. The smallest absolute Gasteiger partial charge is 0.328 e. The number of rotatable bonds is 12. The Morgan fingerprint density at radius 1 is 1.11 bits per heavy atom. The van der Waals surface area contributed by atoms with Gasteiger partial charge in [-0.2, -0.15) is 0 Å². The zero-order chi connectivity index (χ0) is 26.0. The number of benzene rings is 1. The summed E-state index contributed by atoms with van der Waals surface area (Å²) in [6.45, 7) is 5.42. The van der Waals surface area contributed by atoms with Crippen LogP contribution in [0.4, 0.5) is 0 Å². The molecule has 9 nitrogen and oxygen atoms in total. The Labute approximate surface area is 210 Å². The van der Waals surface area contributed by atoms with Gasteiger partial charge in [0.15, 0.2) is 0 Å². The van der Waals surface area contributed by atoms with Gasteiger partial charge in [0.2, 0.25) is 16.9 Å². The maximum absolute atomic E-state index is 13.5. The van der Waals surface area contributed by atoms with Crippen LogP contribution in [0.15, 0.2) is 24.3 Å². The van der Waals surface area contributed by atoms with Gasteiger partial charge in [0, 0.05) is 13.5 Å². The first kappa shape index (κ1) is 28.6. The van der Waals surface area contributed by atoms with Crippen LogP contribution in [-0.2, 0) is 35.1 Å². The van der Waals surface area contributed by atoms with E-state index in [9.17, 15) is 24.3 Å². The minimum Gasteiger partial charge on any atom is -0.508 e. The lowest BCUT2D eigenvalue weighted by molar-refractivity contribution is -0.148. The van der Waals surface area contributed by atoms with Gasteiger partial charge in [0.25, 0.3) is 0 Å². The monoisotopic (exact) mass is 508 g/mol. The number of amides is 2. The number of methoxy groups -OCH3 is 1. The second-order valence-electron chi connectivity index (χ2n) is 9.01. The third-order valence-electron chi connectivity index (χ3n) is 5.89. The highest BCUT2D eigenvalue weighted by molar-refractivity contribution is 8.14. The third-order valence-corrected chi connectivity index (χ3v) is 7.28. The molecule has 0 aromatic heterocycles. The van der Waals surface area contributed by atoms with E-state index in [2.05, 4.69) is 10.6 Å². The molecule has 0 heterocycles. The summed E-state index contributed by atoms with van der Waals surface area (Å²) in [5.41, 5.74) is -0.437.